The third-order valence-electron chi connectivity index (χ3n) is 3.84. The molecule has 1 aromatic rings. The Morgan fingerprint density at radius 3 is 2.88 bits per heavy atom. The quantitative estimate of drug-likeness (QED) is 0.870. The molecule has 3 heteroatoms. The monoisotopic (exact) mass is 236 g/mol. The van der Waals surface area contributed by atoms with Crippen LogP contribution in [-0.2, 0) is 6.54 Å². The highest BCUT2D eigenvalue weighted by Crippen LogP contribution is 2.24. The van der Waals surface area contributed by atoms with E-state index in [1.165, 1.54) is 25.7 Å². The molecule has 0 amide bonds. The highest BCUT2D eigenvalue weighted by molar-refractivity contribution is 5.11. The lowest BCUT2D eigenvalue weighted by Gasteiger charge is -2.29. The molecule has 0 spiro atoms. The van der Waals surface area contributed by atoms with Crippen LogP contribution >= 0.6 is 0 Å². The molecule has 0 unspecified atom stereocenters. The molecule has 1 aromatic heterocycles. The van der Waals surface area contributed by atoms with Crippen LogP contribution in [0, 0.1) is 5.92 Å². The molecule has 0 bridgehead atoms. The number of aromatic nitrogens is 1. The average Bonchev–Trinajstić information content (AvgIpc) is 2.76. The summed E-state index contributed by atoms with van der Waals surface area (Å²) in [6.45, 7) is 7.49. The summed E-state index contributed by atoms with van der Waals surface area (Å²) in [6, 6.07) is 0.653. The Bertz CT molecular complexity index is 346. The van der Waals surface area contributed by atoms with Gasteiger partial charge >= 0.3 is 0 Å². The van der Waals surface area contributed by atoms with Gasteiger partial charge in [0.1, 0.15) is 5.76 Å². The molecule has 0 aliphatic heterocycles. The number of hydrogen-bond acceptors (Lipinski definition) is 3. The molecule has 0 saturated heterocycles. The third-order valence-corrected chi connectivity index (χ3v) is 3.84. The van der Waals surface area contributed by atoms with E-state index in [9.17, 15) is 0 Å². The lowest BCUT2D eigenvalue weighted by Crippen LogP contribution is -2.37. The summed E-state index contributed by atoms with van der Waals surface area (Å²) in [5.74, 6) is 2.23. The predicted molar refractivity (Wildman–Crippen MR) is 68.9 cm³/mol. The van der Waals surface area contributed by atoms with Crippen LogP contribution in [-0.4, -0.2) is 11.0 Å². The molecule has 1 saturated carbocycles. The van der Waals surface area contributed by atoms with Crippen molar-refractivity contribution in [3.63, 3.8) is 0 Å². The standard InChI is InChI=1S/C14H24N2O/c1-10(2)14-13(16-9-17-14)8-15-12-7-5-4-6-11(12)3/h9-12,15H,4-8H2,1-3H3/t11-,12+/m0/s1. The van der Waals surface area contributed by atoms with E-state index >= 15 is 0 Å². The Kier molecular flexibility index (Phi) is 4.21. The first kappa shape index (κ1) is 12.6. The smallest absolute Gasteiger partial charge is 0.181 e. The van der Waals surface area contributed by atoms with Gasteiger partial charge in [-0.05, 0) is 18.8 Å². The topological polar surface area (TPSA) is 38.1 Å². The Balaban J connectivity index is 1.90. The Labute approximate surface area is 104 Å². The normalized spacial score (nSPS) is 25.4. The van der Waals surface area contributed by atoms with Gasteiger partial charge in [0.05, 0.1) is 5.69 Å². The lowest BCUT2D eigenvalue weighted by molar-refractivity contribution is 0.278. The average molecular weight is 236 g/mol. The molecule has 3 nitrogen and oxygen atoms in total. The van der Waals surface area contributed by atoms with Gasteiger partial charge in [0.25, 0.3) is 0 Å². The summed E-state index contributed by atoms with van der Waals surface area (Å²) in [5, 5.41) is 3.65. The van der Waals surface area contributed by atoms with Crippen molar-refractivity contribution in [1.82, 2.24) is 10.3 Å². The van der Waals surface area contributed by atoms with Gasteiger partial charge in [0.15, 0.2) is 6.39 Å². The number of hydrogen-bond donors (Lipinski definition) is 1. The number of rotatable bonds is 4. The van der Waals surface area contributed by atoms with Crippen molar-refractivity contribution in [3.05, 3.63) is 17.8 Å². The van der Waals surface area contributed by atoms with Crippen LogP contribution in [0.5, 0.6) is 0 Å². The third kappa shape index (κ3) is 3.09. The molecule has 17 heavy (non-hydrogen) atoms. The van der Waals surface area contributed by atoms with E-state index in [2.05, 4.69) is 31.1 Å². The molecule has 1 fully saturated rings. The second-order valence-electron chi connectivity index (χ2n) is 5.57. The van der Waals surface area contributed by atoms with Crippen LogP contribution in [0.4, 0.5) is 0 Å². The number of nitrogens with zero attached hydrogens (tertiary/aromatic N) is 1. The molecule has 1 N–H and O–H groups in total. The predicted octanol–water partition coefficient (Wildman–Crippen LogP) is 3.47. The molecule has 1 heterocycles. The molecule has 1 aliphatic carbocycles. The lowest BCUT2D eigenvalue weighted by atomic mass is 9.86. The number of oxazole rings is 1. The first-order chi connectivity index (χ1) is 8.18. The van der Waals surface area contributed by atoms with Crippen molar-refractivity contribution >= 4 is 0 Å². The fourth-order valence-corrected chi connectivity index (χ4v) is 2.73. The van der Waals surface area contributed by atoms with Gasteiger partial charge in [0.2, 0.25) is 0 Å². The van der Waals surface area contributed by atoms with E-state index in [-0.39, 0.29) is 0 Å². The van der Waals surface area contributed by atoms with Crippen LogP contribution in [0.25, 0.3) is 0 Å². The molecule has 1 aliphatic rings. The molecule has 2 rings (SSSR count). The molecule has 2 atom stereocenters. The summed E-state index contributed by atoms with van der Waals surface area (Å²) >= 11 is 0. The molecular formula is C14H24N2O. The summed E-state index contributed by atoms with van der Waals surface area (Å²) in [7, 11) is 0. The van der Waals surface area contributed by atoms with Crippen LogP contribution in [0.1, 0.15) is 63.8 Å². The van der Waals surface area contributed by atoms with Gasteiger partial charge in [-0.2, -0.15) is 0 Å². The minimum atomic E-state index is 0.415. The van der Waals surface area contributed by atoms with E-state index in [0.29, 0.717) is 12.0 Å². The minimum Gasteiger partial charge on any atom is -0.448 e. The second-order valence-corrected chi connectivity index (χ2v) is 5.57. The fourth-order valence-electron chi connectivity index (χ4n) is 2.73. The zero-order valence-corrected chi connectivity index (χ0v) is 11.2. The van der Waals surface area contributed by atoms with Crippen LogP contribution in [0.2, 0.25) is 0 Å². The Morgan fingerprint density at radius 1 is 1.41 bits per heavy atom. The van der Waals surface area contributed by atoms with E-state index in [0.717, 1.165) is 23.9 Å². The molecular weight excluding hydrogens is 212 g/mol. The van der Waals surface area contributed by atoms with E-state index in [1.54, 1.807) is 6.39 Å². The summed E-state index contributed by atoms with van der Waals surface area (Å²) in [6.07, 6.45) is 6.97. The summed E-state index contributed by atoms with van der Waals surface area (Å²) in [4.78, 5) is 4.32. The van der Waals surface area contributed by atoms with Gasteiger partial charge in [-0.15, -0.1) is 0 Å². The van der Waals surface area contributed by atoms with Crippen LogP contribution < -0.4 is 5.32 Å². The van der Waals surface area contributed by atoms with Gasteiger partial charge in [-0.25, -0.2) is 4.98 Å². The maximum absolute atomic E-state index is 5.44. The van der Waals surface area contributed by atoms with Crippen molar-refractivity contribution in [2.45, 2.75) is 65.0 Å². The maximum atomic E-state index is 5.44. The zero-order valence-electron chi connectivity index (χ0n) is 11.2. The van der Waals surface area contributed by atoms with Gasteiger partial charge in [-0.1, -0.05) is 33.6 Å². The fraction of sp³-hybridized carbons (Fsp3) is 0.786. The van der Waals surface area contributed by atoms with Crippen molar-refractivity contribution in [3.8, 4) is 0 Å². The summed E-state index contributed by atoms with van der Waals surface area (Å²) in [5.41, 5.74) is 1.08. The first-order valence-corrected chi connectivity index (χ1v) is 6.84. The zero-order chi connectivity index (χ0) is 12.3. The molecule has 0 radical (unpaired) electrons. The van der Waals surface area contributed by atoms with Crippen molar-refractivity contribution in [1.29, 1.82) is 0 Å². The largest absolute Gasteiger partial charge is 0.448 e. The minimum absolute atomic E-state index is 0.415. The number of nitrogens with one attached hydrogen (secondary N) is 1. The van der Waals surface area contributed by atoms with E-state index < -0.39 is 0 Å². The molecule has 96 valence electrons. The van der Waals surface area contributed by atoms with Gasteiger partial charge in [-0.3, -0.25) is 0 Å². The van der Waals surface area contributed by atoms with E-state index in [4.69, 9.17) is 4.42 Å². The maximum Gasteiger partial charge on any atom is 0.181 e. The Morgan fingerprint density at radius 2 is 2.18 bits per heavy atom. The highest BCUT2D eigenvalue weighted by atomic mass is 16.3. The van der Waals surface area contributed by atoms with Crippen molar-refractivity contribution in [2.24, 2.45) is 5.92 Å². The molecule has 0 aromatic carbocycles. The SMILES string of the molecule is CC(C)c1ocnc1CN[C@@H]1CCCC[C@@H]1C. The second kappa shape index (κ2) is 5.67. The Hall–Kier alpha value is -0.830. The first-order valence-electron chi connectivity index (χ1n) is 6.84. The van der Waals surface area contributed by atoms with Crippen molar-refractivity contribution in [2.75, 3.05) is 0 Å². The highest BCUT2D eigenvalue weighted by Gasteiger charge is 2.21. The van der Waals surface area contributed by atoms with Crippen LogP contribution in [0.3, 0.4) is 0 Å². The summed E-state index contributed by atoms with van der Waals surface area (Å²) < 4.78 is 5.44. The van der Waals surface area contributed by atoms with Crippen LogP contribution in [0.15, 0.2) is 10.8 Å². The van der Waals surface area contributed by atoms with Crippen molar-refractivity contribution < 1.29 is 4.42 Å². The van der Waals surface area contributed by atoms with Gasteiger partial charge < -0.3 is 9.73 Å². The van der Waals surface area contributed by atoms with E-state index in [1.807, 2.05) is 0 Å². The van der Waals surface area contributed by atoms with Gasteiger partial charge in [0, 0.05) is 18.5 Å².